The van der Waals surface area contributed by atoms with Crippen LogP contribution < -0.4 is 0 Å². The highest BCUT2D eigenvalue weighted by Crippen LogP contribution is 2.25. The first-order valence-electron chi connectivity index (χ1n) is 5.95. The molecule has 1 heterocycles. The Morgan fingerprint density at radius 2 is 1.80 bits per heavy atom. The van der Waals surface area contributed by atoms with E-state index in [9.17, 15) is 4.79 Å². The third-order valence-electron chi connectivity index (χ3n) is 3.24. The van der Waals surface area contributed by atoms with Crippen molar-refractivity contribution in [1.29, 1.82) is 0 Å². The first kappa shape index (κ1) is 10.5. The average molecular weight is 206 g/mol. The third kappa shape index (κ3) is 2.71. The molecule has 1 aliphatic rings. The van der Waals surface area contributed by atoms with Gasteiger partial charge in [0.2, 0.25) is 5.78 Å². The Morgan fingerprint density at radius 1 is 1.13 bits per heavy atom. The Morgan fingerprint density at radius 3 is 2.40 bits per heavy atom. The van der Waals surface area contributed by atoms with E-state index in [0.717, 1.165) is 12.8 Å². The maximum atomic E-state index is 12.0. The molecule has 1 saturated carbocycles. The van der Waals surface area contributed by atoms with Crippen LogP contribution in [-0.2, 0) is 0 Å². The lowest BCUT2D eigenvalue weighted by atomic mass is 9.87. The summed E-state index contributed by atoms with van der Waals surface area (Å²) in [5.74, 6) is 0.957. The summed E-state index contributed by atoms with van der Waals surface area (Å²) >= 11 is 0. The van der Waals surface area contributed by atoms with Crippen LogP contribution in [0.15, 0.2) is 22.8 Å². The van der Waals surface area contributed by atoms with Gasteiger partial charge in [-0.15, -0.1) is 0 Å². The van der Waals surface area contributed by atoms with Gasteiger partial charge in [0.05, 0.1) is 6.26 Å². The van der Waals surface area contributed by atoms with Gasteiger partial charge in [-0.05, 0) is 25.0 Å². The van der Waals surface area contributed by atoms with Gasteiger partial charge >= 0.3 is 0 Å². The Kier molecular flexibility index (Phi) is 3.59. The molecule has 1 aromatic heterocycles. The zero-order valence-electron chi connectivity index (χ0n) is 9.08. The van der Waals surface area contributed by atoms with Crippen LogP contribution in [0.4, 0.5) is 0 Å². The van der Waals surface area contributed by atoms with Gasteiger partial charge in [-0.2, -0.15) is 0 Å². The minimum absolute atomic E-state index is 0.205. The number of hydrogen-bond acceptors (Lipinski definition) is 2. The molecule has 0 spiro atoms. The smallest absolute Gasteiger partial charge is 0.201 e. The summed E-state index contributed by atoms with van der Waals surface area (Å²) in [6.07, 6.45) is 9.94. The van der Waals surface area contributed by atoms with Crippen LogP contribution in [-0.4, -0.2) is 5.78 Å². The van der Waals surface area contributed by atoms with Crippen LogP contribution in [0.1, 0.15) is 55.5 Å². The standard InChI is InChI=1S/C13H18O2/c14-13(12-9-6-10-15-12)11-7-4-2-1-3-5-8-11/h6,9-11H,1-5,7-8H2. The van der Waals surface area contributed by atoms with Gasteiger partial charge in [0.25, 0.3) is 0 Å². The predicted octanol–water partition coefficient (Wildman–Crippen LogP) is 3.82. The summed E-state index contributed by atoms with van der Waals surface area (Å²) < 4.78 is 5.17. The Labute approximate surface area is 90.7 Å². The molecule has 0 saturated heterocycles. The lowest BCUT2D eigenvalue weighted by Gasteiger charge is -2.17. The van der Waals surface area contributed by atoms with Crippen molar-refractivity contribution in [3.05, 3.63) is 24.2 Å². The number of furan rings is 1. The van der Waals surface area contributed by atoms with Crippen molar-refractivity contribution in [2.45, 2.75) is 44.9 Å². The molecule has 0 aromatic carbocycles. The van der Waals surface area contributed by atoms with Crippen molar-refractivity contribution in [3.63, 3.8) is 0 Å². The minimum Gasteiger partial charge on any atom is -0.461 e. The molecule has 2 heteroatoms. The summed E-state index contributed by atoms with van der Waals surface area (Å²) in [4.78, 5) is 12.0. The molecule has 2 nitrogen and oxygen atoms in total. The fourth-order valence-electron chi connectivity index (χ4n) is 2.34. The molecule has 15 heavy (non-hydrogen) atoms. The fourth-order valence-corrected chi connectivity index (χ4v) is 2.34. The Hall–Kier alpha value is -1.05. The van der Waals surface area contributed by atoms with Crippen LogP contribution >= 0.6 is 0 Å². The molecule has 0 amide bonds. The van der Waals surface area contributed by atoms with E-state index in [4.69, 9.17) is 4.42 Å². The van der Waals surface area contributed by atoms with Gasteiger partial charge in [-0.25, -0.2) is 0 Å². The second kappa shape index (κ2) is 5.15. The van der Waals surface area contributed by atoms with E-state index < -0.39 is 0 Å². The number of carbonyl (C=O) groups excluding carboxylic acids is 1. The molecule has 1 aliphatic carbocycles. The summed E-state index contributed by atoms with van der Waals surface area (Å²) in [6, 6.07) is 3.57. The van der Waals surface area contributed by atoms with Gasteiger partial charge in [-0.3, -0.25) is 4.79 Å². The highest BCUT2D eigenvalue weighted by Gasteiger charge is 2.22. The quantitative estimate of drug-likeness (QED) is 0.688. The van der Waals surface area contributed by atoms with E-state index in [1.165, 1.54) is 32.1 Å². The second-order valence-corrected chi connectivity index (χ2v) is 4.38. The zero-order chi connectivity index (χ0) is 10.5. The molecule has 0 N–H and O–H groups in total. The molecular weight excluding hydrogens is 188 g/mol. The van der Waals surface area contributed by atoms with Crippen molar-refractivity contribution in [1.82, 2.24) is 0 Å². The number of ketones is 1. The molecule has 1 fully saturated rings. The van der Waals surface area contributed by atoms with Crippen LogP contribution in [0, 0.1) is 5.92 Å². The SMILES string of the molecule is O=C(c1ccco1)C1CCCCCCC1. The van der Waals surface area contributed by atoms with E-state index in [-0.39, 0.29) is 11.7 Å². The molecule has 0 aliphatic heterocycles. The van der Waals surface area contributed by atoms with Gasteiger partial charge in [-0.1, -0.05) is 32.1 Å². The van der Waals surface area contributed by atoms with Crippen molar-refractivity contribution < 1.29 is 9.21 Å². The Balaban J connectivity index is 1.98. The van der Waals surface area contributed by atoms with E-state index >= 15 is 0 Å². The van der Waals surface area contributed by atoms with Gasteiger partial charge in [0.15, 0.2) is 5.76 Å². The highest BCUT2D eigenvalue weighted by molar-refractivity contribution is 5.95. The Bertz CT molecular complexity index is 292. The van der Waals surface area contributed by atoms with Crippen LogP contribution in [0.3, 0.4) is 0 Å². The van der Waals surface area contributed by atoms with Gasteiger partial charge in [0, 0.05) is 5.92 Å². The third-order valence-corrected chi connectivity index (χ3v) is 3.24. The van der Waals surface area contributed by atoms with Crippen molar-refractivity contribution in [2.75, 3.05) is 0 Å². The van der Waals surface area contributed by atoms with Crippen molar-refractivity contribution in [2.24, 2.45) is 5.92 Å². The monoisotopic (exact) mass is 206 g/mol. The van der Waals surface area contributed by atoms with Crippen LogP contribution in [0.2, 0.25) is 0 Å². The maximum Gasteiger partial charge on any atom is 0.201 e. The predicted molar refractivity (Wildman–Crippen MR) is 58.8 cm³/mol. The van der Waals surface area contributed by atoms with Crippen LogP contribution in [0.5, 0.6) is 0 Å². The fraction of sp³-hybridized carbons (Fsp3) is 0.615. The van der Waals surface area contributed by atoms with Crippen LogP contribution in [0.25, 0.3) is 0 Å². The topological polar surface area (TPSA) is 30.2 Å². The normalized spacial score (nSPS) is 19.5. The molecular formula is C13H18O2. The largest absolute Gasteiger partial charge is 0.461 e. The summed E-state index contributed by atoms with van der Waals surface area (Å²) in [7, 11) is 0. The summed E-state index contributed by atoms with van der Waals surface area (Å²) in [5.41, 5.74) is 0. The molecule has 0 bridgehead atoms. The number of Topliss-reactive ketones (excluding diaryl/α,β-unsaturated/α-hetero) is 1. The highest BCUT2D eigenvalue weighted by atomic mass is 16.3. The van der Waals surface area contributed by atoms with E-state index in [1.807, 2.05) is 0 Å². The number of carbonyl (C=O) groups is 1. The molecule has 2 rings (SSSR count). The van der Waals surface area contributed by atoms with Crippen molar-refractivity contribution >= 4 is 5.78 Å². The summed E-state index contributed by atoms with van der Waals surface area (Å²) in [6.45, 7) is 0. The zero-order valence-corrected chi connectivity index (χ0v) is 9.08. The van der Waals surface area contributed by atoms with E-state index in [1.54, 1.807) is 18.4 Å². The summed E-state index contributed by atoms with van der Waals surface area (Å²) in [5, 5.41) is 0. The molecule has 0 unspecified atom stereocenters. The molecule has 0 atom stereocenters. The average Bonchev–Trinajstić information content (AvgIpc) is 2.68. The minimum atomic E-state index is 0.205. The van der Waals surface area contributed by atoms with Gasteiger partial charge < -0.3 is 4.42 Å². The van der Waals surface area contributed by atoms with Gasteiger partial charge in [0.1, 0.15) is 0 Å². The molecule has 82 valence electrons. The number of rotatable bonds is 2. The van der Waals surface area contributed by atoms with E-state index in [2.05, 4.69) is 0 Å². The first-order valence-corrected chi connectivity index (χ1v) is 5.95. The van der Waals surface area contributed by atoms with Crippen molar-refractivity contribution in [3.8, 4) is 0 Å². The van der Waals surface area contributed by atoms with E-state index in [0.29, 0.717) is 5.76 Å². The lowest BCUT2D eigenvalue weighted by Crippen LogP contribution is -2.15. The first-order chi connectivity index (χ1) is 7.38. The lowest BCUT2D eigenvalue weighted by molar-refractivity contribution is 0.0869. The molecule has 1 aromatic rings. The number of hydrogen-bond donors (Lipinski definition) is 0. The second-order valence-electron chi connectivity index (χ2n) is 4.38. The maximum absolute atomic E-state index is 12.0. The molecule has 0 radical (unpaired) electrons.